The van der Waals surface area contributed by atoms with Crippen LogP contribution in [0.5, 0.6) is 0 Å². The molecule has 68 heavy (non-hydrogen) atoms. The molecule has 0 spiro atoms. The number of rotatable bonds is 53. The molecule has 0 aliphatic rings. The summed E-state index contributed by atoms with van der Waals surface area (Å²) in [5.74, 6) is 1.54. The van der Waals surface area contributed by atoms with Gasteiger partial charge in [0.25, 0.3) is 0 Å². The molecule has 0 saturated carbocycles. The van der Waals surface area contributed by atoms with Crippen LogP contribution in [0, 0.1) is 24.2 Å². The van der Waals surface area contributed by atoms with Gasteiger partial charge in [-0.2, -0.15) is 0 Å². The molecule has 0 radical (unpaired) electrons. The van der Waals surface area contributed by atoms with E-state index in [1.807, 2.05) is 6.92 Å². The number of carbonyl (C=O) groups excluding carboxylic acids is 1. The number of aliphatic hydroxyl groups excluding tert-OH is 1. The van der Waals surface area contributed by atoms with Gasteiger partial charge in [0.05, 0.1) is 25.7 Å². The first-order valence-corrected chi connectivity index (χ1v) is 31.2. The average molecular weight is 965 g/mol. The highest BCUT2D eigenvalue weighted by Crippen LogP contribution is 2.23. The summed E-state index contributed by atoms with van der Waals surface area (Å²) < 4.78 is 6.15. The molecule has 0 heterocycles. The highest BCUT2D eigenvalue weighted by molar-refractivity contribution is 5.55. The maximum atomic E-state index is 10.2. The summed E-state index contributed by atoms with van der Waals surface area (Å²) >= 11 is 0. The van der Waals surface area contributed by atoms with E-state index >= 15 is 0 Å². The van der Waals surface area contributed by atoms with Gasteiger partial charge >= 0.3 is 0 Å². The van der Waals surface area contributed by atoms with Gasteiger partial charge in [-0.25, -0.2) is 0 Å². The minimum Gasteiger partial charge on any atom is -0.501 e. The van der Waals surface area contributed by atoms with Crippen molar-refractivity contribution in [1.29, 1.82) is 0 Å². The quantitative estimate of drug-likeness (QED) is 0.0285. The Balaban J connectivity index is -0.000000515. The van der Waals surface area contributed by atoms with Crippen LogP contribution in [0.1, 0.15) is 357 Å². The number of unbranched alkanes of at least 4 members (excludes halogenated alkanes) is 34. The Bertz CT molecular complexity index is 887. The molecule has 0 bridgehead atoms. The van der Waals surface area contributed by atoms with Crippen molar-refractivity contribution in [3.63, 3.8) is 0 Å². The first-order chi connectivity index (χ1) is 33.0. The number of aliphatic hydroxyl groups is 1. The molecule has 0 amide bonds. The van der Waals surface area contributed by atoms with Crippen LogP contribution in [0.15, 0.2) is 11.8 Å². The minimum atomic E-state index is 0. The Kier molecular flexibility index (Phi) is 73.6. The van der Waals surface area contributed by atoms with Gasteiger partial charge in [-0.3, -0.25) is 4.79 Å². The fourth-order valence-electron chi connectivity index (χ4n) is 9.34. The second kappa shape index (κ2) is 68.1. The van der Waals surface area contributed by atoms with E-state index < -0.39 is 0 Å². The van der Waals surface area contributed by atoms with E-state index in [0.29, 0.717) is 12.5 Å². The van der Waals surface area contributed by atoms with E-state index in [0.717, 1.165) is 44.5 Å². The van der Waals surface area contributed by atoms with E-state index in [-0.39, 0.29) is 11.4 Å². The number of carbonyl (C=O) groups is 1. The van der Waals surface area contributed by atoms with Gasteiger partial charge in [0, 0.05) is 6.61 Å². The SMILES string of the molecule is CCCCCCCCCCCCC(CCCCCCCCCC)CO/C=C(\CC)CCCC.CCCCCCCCCCCCC(CO)CCCCCCCCCC.CCC[CH+]C(C=O)CC.O. The summed E-state index contributed by atoms with van der Waals surface area (Å²) in [5, 5.41) is 9.57. The predicted molar refractivity (Wildman–Crippen MR) is 308 cm³/mol. The lowest BCUT2D eigenvalue weighted by Crippen LogP contribution is -2.08. The molecule has 0 rings (SSSR count). The van der Waals surface area contributed by atoms with Crippen molar-refractivity contribution in [3.05, 3.63) is 18.3 Å². The van der Waals surface area contributed by atoms with E-state index in [4.69, 9.17) is 4.74 Å². The van der Waals surface area contributed by atoms with Crippen molar-refractivity contribution in [2.24, 2.45) is 17.8 Å². The maximum Gasteiger partial charge on any atom is 0.167 e. The van der Waals surface area contributed by atoms with Crippen LogP contribution >= 0.6 is 0 Å². The molecule has 0 aliphatic carbocycles. The lowest BCUT2D eigenvalue weighted by Gasteiger charge is -2.17. The molecule has 0 aromatic rings. The molecule has 0 fully saturated rings. The first-order valence-electron chi connectivity index (χ1n) is 31.2. The van der Waals surface area contributed by atoms with Gasteiger partial charge in [-0.05, 0) is 75.2 Å². The Labute approximate surface area is 431 Å². The maximum absolute atomic E-state index is 10.2. The zero-order valence-electron chi connectivity index (χ0n) is 48.4. The van der Waals surface area contributed by atoms with Crippen molar-refractivity contribution < 1.29 is 20.1 Å². The summed E-state index contributed by atoms with van der Waals surface area (Å²) in [4.78, 5) is 10.2. The topological polar surface area (TPSA) is 78.0 Å². The van der Waals surface area contributed by atoms with Crippen LogP contribution < -0.4 is 0 Å². The normalized spacial score (nSPS) is 12.6. The van der Waals surface area contributed by atoms with Gasteiger partial charge in [-0.1, -0.05) is 293 Å². The second-order valence-electron chi connectivity index (χ2n) is 21.2. The summed E-state index contributed by atoms with van der Waals surface area (Å²) in [6.07, 6.45) is 69.5. The summed E-state index contributed by atoms with van der Waals surface area (Å²) in [7, 11) is 0. The van der Waals surface area contributed by atoms with Crippen molar-refractivity contribution >= 4 is 6.29 Å². The van der Waals surface area contributed by atoms with Gasteiger partial charge < -0.3 is 15.3 Å². The first kappa shape index (κ1) is 73.5. The van der Waals surface area contributed by atoms with Crippen molar-refractivity contribution in [2.45, 2.75) is 357 Å². The predicted octanol–water partition coefficient (Wildman–Crippen LogP) is 21.8. The molecule has 4 nitrogen and oxygen atoms in total. The number of ether oxygens (including phenoxy) is 1. The van der Waals surface area contributed by atoms with Crippen LogP contribution in [0.4, 0.5) is 0 Å². The standard InChI is InChI=1S/C32H64O.C24H50O.C8H15O.H2O/c1-5-9-12-14-16-18-19-21-23-25-28-32(27-24-22-20-17-15-13-10-6-2)30-33-29-31(8-4)26-11-7-3;1-3-5-7-9-11-13-14-16-18-20-22-24(23-25)21-19-17-15-12-10-8-6-4-2;1-3-5-6-8(4-2)7-9;/h29,32H,5-28,30H2,1-4H3;24-25H,3-23H2,1-2H3;6-8H,3-5H2,1-2H3;1H2/q;;+1;/b31-29+;;;. The molecule has 0 saturated heterocycles. The molecule has 3 N–H and O–H groups in total. The van der Waals surface area contributed by atoms with Crippen LogP contribution in [-0.4, -0.2) is 30.1 Å². The molecule has 4 heteroatoms. The van der Waals surface area contributed by atoms with Crippen LogP contribution in [-0.2, 0) is 9.53 Å². The third kappa shape index (κ3) is 63.0. The highest BCUT2D eigenvalue weighted by Gasteiger charge is 2.12. The smallest absolute Gasteiger partial charge is 0.167 e. The number of hydrogen-bond donors (Lipinski definition) is 1. The molecule has 3 atom stereocenters. The summed E-state index contributed by atoms with van der Waals surface area (Å²) in [6, 6.07) is 0. The molecular formula is C64H131O4+. The third-order valence-corrected chi connectivity index (χ3v) is 14.4. The Morgan fingerprint density at radius 1 is 0.426 bits per heavy atom. The Morgan fingerprint density at radius 3 is 1.00 bits per heavy atom. The van der Waals surface area contributed by atoms with Crippen molar-refractivity contribution in [1.82, 2.24) is 0 Å². The zero-order valence-corrected chi connectivity index (χ0v) is 48.4. The highest BCUT2D eigenvalue weighted by atomic mass is 16.5. The van der Waals surface area contributed by atoms with Crippen LogP contribution in [0.3, 0.4) is 0 Å². The zero-order chi connectivity index (χ0) is 49.8. The molecule has 0 aromatic carbocycles. The van der Waals surface area contributed by atoms with Crippen LogP contribution in [0.25, 0.3) is 0 Å². The molecule has 410 valence electrons. The van der Waals surface area contributed by atoms with Gasteiger partial charge in [-0.15, -0.1) is 0 Å². The Morgan fingerprint density at radius 2 is 0.735 bits per heavy atom. The third-order valence-electron chi connectivity index (χ3n) is 14.4. The monoisotopic (exact) mass is 964 g/mol. The van der Waals surface area contributed by atoms with E-state index in [2.05, 4.69) is 61.1 Å². The molecule has 0 aliphatic heterocycles. The summed E-state index contributed by atoms with van der Waals surface area (Å²) in [5.41, 5.74) is 1.50. The fourth-order valence-corrected chi connectivity index (χ4v) is 9.34. The summed E-state index contributed by atoms with van der Waals surface area (Å²) in [6.45, 7) is 19.2. The van der Waals surface area contributed by atoms with E-state index in [9.17, 15) is 9.90 Å². The van der Waals surface area contributed by atoms with Gasteiger partial charge in [0.2, 0.25) is 0 Å². The van der Waals surface area contributed by atoms with Gasteiger partial charge in [0.15, 0.2) is 12.2 Å². The fraction of sp³-hybridized carbons (Fsp3) is 0.938. The van der Waals surface area contributed by atoms with Crippen molar-refractivity contribution in [3.8, 4) is 0 Å². The second-order valence-corrected chi connectivity index (χ2v) is 21.2. The minimum absolute atomic E-state index is 0. The molecule has 0 aromatic heterocycles. The van der Waals surface area contributed by atoms with Gasteiger partial charge in [0.1, 0.15) is 0 Å². The number of aldehydes is 1. The van der Waals surface area contributed by atoms with Crippen LogP contribution in [0.2, 0.25) is 0 Å². The number of allylic oxidation sites excluding steroid dienone is 1. The Hall–Kier alpha value is -1.00. The van der Waals surface area contributed by atoms with E-state index in [1.165, 1.54) is 282 Å². The lowest BCUT2D eigenvalue weighted by atomic mass is 9.94. The largest absolute Gasteiger partial charge is 0.501 e. The van der Waals surface area contributed by atoms with Crippen molar-refractivity contribution in [2.75, 3.05) is 13.2 Å². The molecular weight excluding hydrogens is 833 g/mol. The lowest BCUT2D eigenvalue weighted by molar-refractivity contribution is -0.110. The average Bonchev–Trinajstić information content (AvgIpc) is 3.35. The molecule has 3 unspecified atom stereocenters. The number of hydrogen-bond acceptors (Lipinski definition) is 3. The van der Waals surface area contributed by atoms with E-state index in [1.54, 1.807) is 0 Å².